The molecule has 1 N–H and O–H groups in total. The van der Waals surface area contributed by atoms with Crippen molar-refractivity contribution in [2.24, 2.45) is 0 Å². The van der Waals surface area contributed by atoms with Gasteiger partial charge in [0.15, 0.2) is 0 Å². The van der Waals surface area contributed by atoms with Gasteiger partial charge in [-0.15, -0.1) is 0 Å². The van der Waals surface area contributed by atoms with Crippen LogP contribution in [0.15, 0.2) is 65.3 Å². The van der Waals surface area contributed by atoms with Gasteiger partial charge in [-0.3, -0.25) is 0 Å². The summed E-state index contributed by atoms with van der Waals surface area (Å²) in [6, 6.07) is 14.8. The van der Waals surface area contributed by atoms with Gasteiger partial charge in [-0.2, -0.15) is 8.42 Å². The Morgan fingerprint density at radius 3 is 2.48 bits per heavy atom. The zero-order valence-corrected chi connectivity index (χ0v) is 19.4. The maximum absolute atomic E-state index is 13.2. The van der Waals surface area contributed by atoms with Gasteiger partial charge in [0.1, 0.15) is 23.0 Å². The molecule has 0 saturated heterocycles. The number of nitrogens with one attached hydrogen (secondary N) is 1. The molecule has 0 radical (unpaired) electrons. The van der Waals surface area contributed by atoms with Crippen molar-refractivity contribution >= 4 is 21.8 Å². The normalized spacial score (nSPS) is 11.0. The highest BCUT2D eigenvalue weighted by molar-refractivity contribution is 7.87. The van der Waals surface area contributed by atoms with Crippen molar-refractivity contribution in [3.63, 3.8) is 0 Å². The van der Waals surface area contributed by atoms with E-state index in [2.05, 4.69) is 5.32 Å². The summed E-state index contributed by atoms with van der Waals surface area (Å²) in [6.07, 6.45) is 1.53. The minimum absolute atomic E-state index is 0.145. The number of furan rings is 1. The number of benzene rings is 2. The van der Waals surface area contributed by atoms with E-state index < -0.39 is 16.1 Å². The van der Waals surface area contributed by atoms with Gasteiger partial charge in [-0.05, 0) is 48.9 Å². The molecule has 0 unspecified atom stereocenters. The molecule has 9 nitrogen and oxygen atoms in total. The zero-order valence-electron chi connectivity index (χ0n) is 18.6. The second-order valence-corrected chi connectivity index (χ2v) is 8.87. The molecule has 3 rings (SSSR count). The molecule has 1 aromatic heterocycles. The van der Waals surface area contributed by atoms with E-state index in [0.717, 1.165) is 0 Å². The van der Waals surface area contributed by atoms with Crippen molar-refractivity contribution in [3.05, 3.63) is 72.2 Å². The van der Waals surface area contributed by atoms with Crippen LogP contribution in [0.25, 0.3) is 0 Å². The Morgan fingerprint density at radius 1 is 1.00 bits per heavy atom. The summed E-state index contributed by atoms with van der Waals surface area (Å²) in [7, 11) is -0.617. The molecule has 176 valence electrons. The number of nitrogens with zero attached hydrogens (tertiary/aromatic N) is 1. The number of carbonyl (C=O) groups is 1. The zero-order chi connectivity index (χ0) is 23.8. The largest absolute Gasteiger partial charge is 0.497 e. The molecule has 0 bridgehead atoms. The number of hydrogen-bond acceptors (Lipinski definition) is 7. The third-order valence-corrected chi connectivity index (χ3v) is 5.87. The average Bonchev–Trinajstić information content (AvgIpc) is 3.32. The van der Waals surface area contributed by atoms with Crippen LogP contribution in [0.4, 0.5) is 10.5 Å². The lowest BCUT2D eigenvalue weighted by Gasteiger charge is -2.23. The van der Waals surface area contributed by atoms with Gasteiger partial charge in [0, 0.05) is 12.6 Å². The number of urea groups is 1. The van der Waals surface area contributed by atoms with Crippen molar-refractivity contribution in [2.75, 3.05) is 25.3 Å². The van der Waals surface area contributed by atoms with Crippen molar-refractivity contribution in [3.8, 4) is 17.2 Å². The van der Waals surface area contributed by atoms with Crippen molar-refractivity contribution in [1.82, 2.24) is 4.90 Å². The quantitative estimate of drug-likeness (QED) is 0.438. The predicted octanol–water partition coefficient (Wildman–Crippen LogP) is 4.26. The van der Waals surface area contributed by atoms with Gasteiger partial charge < -0.3 is 28.3 Å². The Morgan fingerprint density at radius 2 is 1.82 bits per heavy atom. The molecule has 3 aromatic rings. The van der Waals surface area contributed by atoms with Crippen LogP contribution in [0.2, 0.25) is 0 Å². The smallest absolute Gasteiger partial charge is 0.322 e. The SMILES string of the molecule is CCS(=O)(=O)Oc1cccc(CN(Cc2ccco2)C(=O)Nc2ccc(OC)cc2OC)c1. The molecule has 2 aromatic carbocycles. The number of hydrogen-bond donors (Lipinski definition) is 1. The highest BCUT2D eigenvalue weighted by Crippen LogP contribution is 2.29. The van der Waals surface area contributed by atoms with Crippen molar-refractivity contribution in [2.45, 2.75) is 20.0 Å². The van der Waals surface area contributed by atoms with Crippen LogP contribution in [-0.4, -0.2) is 39.3 Å². The Labute approximate surface area is 193 Å². The molecule has 2 amide bonds. The van der Waals surface area contributed by atoms with Crippen LogP contribution in [0.3, 0.4) is 0 Å². The minimum Gasteiger partial charge on any atom is -0.497 e. The lowest BCUT2D eigenvalue weighted by molar-refractivity contribution is 0.201. The molecule has 0 spiro atoms. The van der Waals surface area contributed by atoms with E-state index in [4.69, 9.17) is 18.1 Å². The summed E-state index contributed by atoms with van der Waals surface area (Å²) in [5.41, 5.74) is 1.15. The van der Waals surface area contributed by atoms with E-state index in [1.807, 2.05) is 0 Å². The molecule has 0 aliphatic heterocycles. The summed E-state index contributed by atoms with van der Waals surface area (Å²) in [5.74, 6) is 1.67. The number of carbonyl (C=O) groups excluding carboxylic acids is 1. The molecule has 1 heterocycles. The van der Waals surface area contributed by atoms with Crippen molar-refractivity contribution in [1.29, 1.82) is 0 Å². The minimum atomic E-state index is -3.66. The maximum Gasteiger partial charge on any atom is 0.322 e. The van der Waals surface area contributed by atoms with Gasteiger partial charge in [0.05, 0.1) is 38.5 Å². The Kier molecular flexibility index (Phi) is 7.83. The van der Waals surface area contributed by atoms with E-state index in [9.17, 15) is 13.2 Å². The third-order valence-electron chi connectivity index (χ3n) is 4.71. The van der Waals surface area contributed by atoms with Crippen molar-refractivity contribution < 1.29 is 31.3 Å². The Bertz CT molecular complexity index is 1180. The van der Waals surface area contributed by atoms with Gasteiger partial charge in [-0.1, -0.05) is 12.1 Å². The molecule has 0 aliphatic carbocycles. The molecule has 10 heteroatoms. The number of methoxy groups -OCH3 is 2. The fourth-order valence-corrected chi connectivity index (χ4v) is 3.52. The van der Waals surface area contributed by atoms with E-state index in [-0.39, 0.29) is 24.6 Å². The van der Waals surface area contributed by atoms with Gasteiger partial charge in [-0.25, -0.2) is 4.79 Å². The summed E-state index contributed by atoms with van der Waals surface area (Å²) in [5, 5.41) is 2.85. The van der Waals surface area contributed by atoms with Gasteiger partial charge >= 0.3 is 16.1 Å². The predicted molar refractivity (Wildman–Crippen MR) is 123 cm³/mol. The van der Waals surface area contributed by atoms with Crippen LogP contribution in [0, 0.1) is 0 Å². The Hall–Kier alpha value is -3.66. The fourth-order valence-electron chi connectivity index (χ4n) is 3.01. The highest BCUT2D eigenvalue weighted by Gasteiger charge is 2.19. The van der Waals surface area contributed by atoms with E-state index in [1.165, 1.54) is 25.2 Å². The molecule has 33 heavy (non-hydrogen) atoms. The van der Waals surface area contributed by atoms with E-state index in [1.54, 1.807) is 61.7 Å². The fraction of sp³-hybridized carbons (Fsp3) is 0.261. The second kappa shape index (κ2) is 10.8. The Balaban J connectivity index is 1.83. The molecule has 0 aliphatic rings. The lowest BCUT2D eigenvalue weighted by atomic mass is 10.2. The number of ether oxygens (including phenoxy) is 2. The van der Waals surface area contributed by atoms with E-state index >= 15 is 0 Å². The van der Waals surface area contributed by atoms with Gasteiger partial charge in [0.25, 0.3) is 0 Å². The van der Waals surface area contributed by atoms with Crippen LogP contribution < -0.4 is 19.0 Å². The summed E-state index contributed by atoms with van der Waals surface area (Å²) < 4.78 is 44.7. The van der Waals surface area contributed by atoms with Crippen LogP contribution >= 0.6 is 0 Å². The summed E-state index contributed by atoms with van der Waals surface area (Å²) in [4.78, 5) is 14.7. The average molecular weight is 475 g/mol. The third kappa shape index (κ3) is 6.66. The molecular formula is C23H26N2O7S. The first kappa shape index (κ1) is 24.0. The number of rotatable bonds is 10. The first-order chi connectivity index (χ1) is 15.8. The standard InChI is InChI=1S/C23H26N2O7S/c1-4-33(27,28)32-19-8-5-7-17(13-19)15-25(16-20-9-6-12-31-20)23(26)24-21-11-10-18(29-2)14-22(21)30-3/h5-14H,4,15-16H2,1-3H3,(H,24,26). The molecule has 0 fully saturated rings. The molecule has 0 saturated carbocycles. The van der Waals surface area contributed by atoms with Gasteiger partial charge in [0.2, 0.25) is 0 Å². The summed E-state index contributed by atoms with van der Waals surface area (Å²) >= 11 is 0. The van der Waals surface area contributed by atoms with E-state index in [0.29, 0.717) is 28.5 Å². The summed E-state index contributed by atoms with van der Waals surface area (Å²) in [6.45, 7) is 1.87. The lowest BCUT2D eigenvalue weighted by Crippen LogP contribution is -2.34. The second-order valence-electron chi connectivity index (χ2n) is 7.01. The number of anilines is 1. The molecule has 0 atom stereocenters. The highest BCUT2D eigenvalue weighted by atomic mass is 32.2. The van der Waals surface area contributed by atoms with Crippen LogP contribution in [0.1, 0.15) is 18.2 Å². The first-order valence-electron chi connectivity index (χ1n) is 10.1. The van der Waals surface area contributed by atoms with Crippen LogP contribution in [-0.2, 0) is 23.2 Å². The van der Waals surface area contributed by atoms with Crippen LogP contribution in [0.5, 0.6) is 17.2 Å². The topological polar surface area (TPSA) is 107 Å². The maximum atomic E-state index is 13.2. The molecular weight excluding hydrogens is 448 g/mol. The number of amides is 2. The monoisotopic (exact) mass is 474 g/mol. The first-order valence-corrected chi connectivity index (χ1v) is 11.7.